The summed E-state index contributed by atoms with van der Waals surface area (Å²) in [6.07, 6.45) is 1.04. The third-order valence-corrected chi connectivity index (χ3v) is 4.06. The molecule has 0 bridgehead atoms. The zero-order chi connectivity index (χ0) is 15.4. The van der Waals surface area contributed by atoms with Gasteiger partial charge in [-0.1, -0.05) is 11.6 Å². The summed E-state index contributed by atoms with van der Waals surface area (Å²) in [5, 5.41) is 13.1. The lowest BCUT2D eigenvalue weighted by atomic mass is 10.3. The lowest BCUT2D eigenvalue weighted by molar-refractivity contribution is 0.519. The van der Waals surface area contributed by atoms with E-state index >= 15 is 0 Å². The number of rotatable bonds is 7. The first kappa shape index (κ1) is 16.0. The van der Waals surface area contributed by atoms with Gasteiger partial charge in [-0.2, -0.15) is 10.2 Å². The van der Waals surface area contributed by atoms with Crippen molar-refractivity contribution in [3.8, 4) is 0 Å². The van der Waals surface area contributed by atoms with E-state index in [1.807, 2.05) is 18.5 Å². The van der Waals surface area contributed by atoms with Gasteiger partial charge in [-0.25, -0.2) is 0 Å². The molecular formula is C15H24ClN5. The third kappa shape index (κ3) is 3.86. The fourth-order valence-electron chi connectivity index (χ4n) is 2.50. The van der Waals surface area contributed by atoms with E-state index in [0.717, 1.165) is 54.7 Å². The molecule has 5 nitrogen and oxygen atoms in total. The summed E-state index contributed by atoms with van der Waals surface area (Å²) in [4.78, 5) is 0. The van der Waals surface area contributed by atoms with Crippen LogP contribution < -0.4 is 5.32 Å². The first-order chi connectivity index (χ1) is 10.0. The Kier molecular flexibility index (Phi) is 5.42. The van der Waals surface area contributed by atoms with E-state index in [4.69, 9.17) is 11.6 Å². The van der Waals surface area contributed by atoms with Crippen LogP contribution in [0, 0.1) is 20.8 Å². The van der Waals surface area contributed by atoms with E-state index in [2.05, 4.69) is 40.1 Å². The molecule has 0 atom stereocenters. The Morgan fingerprint density at radius 3 is 2.57 bits per heavy atom. The monoisotopic (exact) mass is 309 g/mol. The molecule has 0 aliphatic heterocycles. The highest BCUT2D eigenvalue weighted by atomic mass is 35.5. The molecular weight excluding hydrogens is 286 g/mol. The average molecular weight is 310 g/mol. The van der Waals surface area contributed by atoms with Crippen LogP contribution in [-0.4, -0.2) is 26.1 Å². The van der Waals surface area contributed by atoms with Crippen LogP contribution in [0.4, 0.5) is 0 Å². The minimum absolute atomic E-state index is 0.755. The van der Waals surface area contributed by atoms with Crippen molar-refractivity contribution in [2.75, 3.05) is 6.54 Å². The van der Waals surface area contributed by atoms with E-state index in [1.165, 1.54) is 5.69 Å². The highest BCUT2D eigenvalue weighted by Gasteiger charge is 2.11. The van der Waals surface area contributed by atoms with Crippen molar-refractivity contribution in [1.82, 2.24) is 24.9 Å². The van der Waals surface area contributed by atoms with E-state index in [0.29, 0.717) is 0 Å². The van der Waals surface area contributed by atoms with Crippen LogP contribution in [0.15, 0.2) is 6.07 Å². The minimum atomic E-state index is 0.755. The minimum Gasteiger partial charge on any atom is -0.311 e. The second-order valence-electron chi connectivity index (χ2n) is 5.34. The first-order valence-corrected chi connectivity index (χ1v) is 7.84. The standard InChI is InChI=1S/C15H24ClN5/c1-5-20-14(15(16)13(4)19-20)10-17-7-6-8-21-12(3)9-11(2)18-21/h9,17H,5-8,10H2,1-4H3. The van der Waals surface area contributed by atoms with Gasteiger partial charge in [0.25, 0.3) is 0 Å². The Morgan fingerprint density at radius 1 is 1.19 bits per heavy atom. The number of hydrogen-bond acceptors (Lipinski definition) is 3. The molecule has 0 unspecified atom stereocenters. The summed E-state index contributed by atoms with van der Waals surface area (Å²) in [6, 6.07) is 2.11. The summed E-state index contributed by atoms with van der Waals surface area (Å²) in [5.74, 6) is 0. The molecule has 0 aliphatic carbocycles. The van der Waals surface area contributed by atoms with Gasteiger partial charge in [-0.15, -0.1) is 0 Å². The Bertz CT molecular complexity index is 599. The molecule has 0 aliphatic rings. The van der Waals surface area contributed by atoms with Gasteiger partial charge in [0.2, 0.25) is 0 Å². The largest absolute Gasteiger partial charge is 0.311 e. The molecule has 2 heterocycles. The van der Waals surface area contributed by atoms with Gasteiger partial charge in [0, 0.05) is 25.3 Å². The van der Waals surface area contributed by atoms with Gasteiger partial charge >= 0.3 is 0 Å². The number of hydrogen-bond donors (Lipinski definition) is 1. The molecule has 0 amide bonds. The van der Waals surface area contributed by atoms with Crippen LogP contribution in [0.5, 0.6) is 0 Å². The van der Waals surface area contributed by atoms with Crippen molar-refractivity contribution in [2.45, 2.75) is 53.8 Å². The number of nitrogens with one attached hydrogen (secondary N) is 1. The second-order valence-corrected chi connectivity index (χ2v) is 5.72. The molecule has 21 heavy (non-hydrogen) atoms. The summed E-state index contributed by atoms with van der Waals surface area (Å²) in [7, 11) is 0. The second kappa shape index (κ2) is 7.09. The fourth-order valence-corrected chi connectivity index (χ4v) is 2.70. The van der Waals surface area contributed by atoms with Gasteiger partial charge in [-0.05, 0) is 46.7 Å². The van der Waals surface area contributed by atoms with E-state index in [1.54, 1.807) is 0 Å². The van der Waals surface area contributed by atoms with Gasteiger partial charge in [0.05, 0.1) is 22.1 Å². The van der Waals surface area contributed by atoms with E-state index in [9.17, 15) is 0 Å². The molecule has 1 N–H and O–H groups in total. The Morgan fingerprint density at radius 2 is 1.95 bits per heavy atom. The van der Waals surface area contributed by atoms with Crippen LogP contribution in [0.2, 0.25) is 5.02 Å². The van der Waals surface area contributed by atoms with Crippen LogP contribution in [0.1, 0.15) is 36.1 Å². The summed E-state index contributed by atoms with van der Waals surface area (Å²) in [6.45, 7) is 11.6. The summed E-state index contributed by atoms with van der Waals surface area (Å²) < 4.78 is 4.02. The molecule has 2 rings (SSSR count). The van der Waals surface area contributed by atoms with Gasteiger partial charge < -0.3 is 5.32 Å². The van der Waals surface area contributed by atoms with E-state index < -0.39 is 0 Å². The number of nitrogens with zero attached hydrogens (tertiary/aromatic N) is 4. The average Bonchev–Trinajstić information content (AvgIpc) is 2.91. The molecule has 0 radical (unpaired) electrons. The molecule has 0 spiro atoms. The van der Waals surface area contributed by atoms with Gasteiger partial charge in [0.15, 0.2) is 0 Å². The molecule has 6 heteroatoms. The predicted molar refractivity (Wildman–Crippen MR) is 85.7 cm³/mol. The Balaban J connectivity index is 1.79. The zero-order valence-corrected chi connectivity index (χ0v) is 14.0. The Hall–Kier alpha value is -1.33. The molecule has 0 aromatic carbocycles. The highest BCUT2D eigenvalue weighted by molar-refractivity contribution is 6.31. The lowest BCUT2D eigenvalue weighted by Gasteiger charge is -2.08. The van der Waals surface area contributed by atoms with Gasteiger partial charge in [0.1, 0.15) is 0 Å². The molecule has 116 valence electrons. The van der Waals surface area contributed by atoms with Crippen molar-refractivity contribution in [1.29, 1.82) is 0 Å². The predicted octanol–water partition coefficient (Wildman–Crippen LogP) is 2.86. The van der Waals surface area contributed by atoms with Crippen LogP contribution >= 0.6 is 11.6 Å². The van der Waals surface area contributed by atoms with Crippen molar-refractivity contribution < 1.29 is 0 Å². The van der Waals surface area contributed by atoms with Crippen molar-refractivity contribution in [3.63, 3.8) is 0 Å². The Labute approximate surface area is 131 Å². The number of aromatic nitrogens is 4. The maximum absolute atomic E-state index is 6.29. The van der Waals surface area contributed by atoms with Crippen LogP contribution in [-0.2, 0) is 19.6 Å². The zero-order valence-electron chi connectivity index (χ0n) is 13.3. The number of halogens is 1. The molecule has 0 fully saturated rings. The normalized spacial score (nSPS) is 11.3. The summed E-state index contributed by atoms with van der Waals surface area (Å²) >= 11 is 6.29. The van der Waals surface area contributed by atoms with Crippen LogP contribution in [0.25, 0.3) is 0 Å². The maximum Gasteiger partial charge on any atom is 0.0860 e. The molecule has 0 saturated heterocycles. The molecule has 2 aromatic heterocycles. The van der Waals surface area contributed by atoms with Crippen molar-refractivity contribution in [3.05, 3.63) is 33.9 Å². The van der Waals surface area contributed by atoms with Crippen LogP contribution in [0.3, 0.4) is 0 Å². The lowest BCUT2D eigenvalue weighted by Crippen LogP contribution is -2.19. The molecule has 2 aromatic rings. The van der Waals surface area contributed by atoms with Crippen molar-refractivity contribution in [2.24, 2.45) is 0 Å². The molecule has 0 saturated carbocycles. The fraction of sp³-hybridized carbons (Fsp3) is 0.600. The summed E-state index contributed by atoms with van der Waals surface area (Å²) in [5.41, 5.74) is 4.27. The maximum atomic E-state index is 6.29. The topological polar surface area (TPSA) is 47.7 Å². The number of aryl methyl sites for hydroxylation is 5. The first-order valence-electron chi connectivity index (χ1n) is 7.46. The smallest absolute Gasteiger partial charge is 0.0860 e. The van der Waals surface area contributed by atoms with Gasteiger partial charge in [-0.3, -0.25) is 9.36 Å². The quantitative estimate of drug-likeness (QED) is 0.800. The third-order valence-electron chi connectivity index (χ3n) is 3.57. The van der Waals surface area contributed by atoms with E-state index in [-0.39, 0.29) is 0 Å². The SMILES string of the molecule is CCn1nc(C)c(Cl)c1CNCCCn1nc(C)cc1C. The highest BCUT2D eigenvalue weighted by Crippen LogP contribution is 2.19. The van der Waals surface area contributed by atoms with Crippen molar-refractivity contribution >= 4 is 11.6 Å².